The van der Waals surface area contributed by atoms with E-state index in [1.165, 1.54) is 0 Å². The molecule has 2 atom stereocenters. The molecule has 1 spiro atoms. The maximum absolute atomic E-state index is 6.14. The first-order valence-corrected chi connectivity index (χ1v) is 7.17. The van der Waals surface area contributed by atoms with Gasteiger partial charge >= 0.3 is 0 Å². The summed E-state index contributed by atoms with van der Waals surface area (Å²) in [5, 5.41) is 0. The topological polar surface area (TPSA) is 43.8 Å². The van der Waals surface area contributed by atoms with Crippen molar-refractivity contribution in [2.24, 2.45) is 0 Å². The summed E-state index contributed by atoms with van der Waals surface area (Å²) in [7, 11) is 1.65. The molecule has 0 amide bonds. The first-order valence-electron chi connectivity index (χ1n) is 7.17. The summed E-state index contributed by atoms with van der Waals surface area (Å²) < 4.78 is 16.9. The molecule has 5 heteroatoms. The lowest BCUT2D eigenvalue weighted by Gasteiger charge is -2.42. The van der Waals surface area contributed by atoms with Gasteiger partial charge in [-0.3, -0.25) is 4.90 Å². The second kappa shape index (κ2) is 5.68. The minimum absolute atomic E-state index is 0.115. The number of aromatic nitrogens is 1. The predicted octanol–water partition coefficient (Wildman–Crippen LogP) is 1.47. The molecule has 2 aliphatic rings. The number of hydrogen-bond acceptors (Lipinski definition) is 5. The summed E-state index contributed by atoms with van der Waals surface area (Å²) in [6, 6.07) is 5.90. The maximum Gasteiger partial charge on any atom is 0.213 e. The molecule has 0 radical (unpaired) electrons. The highest BCUT2D eigenvalue weighted by Crippen LogP contribution is 2.30. The lowest BCUT2D eigenvalue weighted by Crippen LogP contribution is -2.55. The van der Waals surface area contributed by atoms with E-state index >= 15 is 0 Å². The third-order valence-corrected chi connectivity index (χ3v) is 3.92. The van der Waals surface area contributed by atoms with Gasteiger partial charge < -0.3 is 14.2 Å². The second-order valence-corrected chi connectivity index (χ2v) is 5.75. The van der Waals surface area contributed by atoms with E-state index < -0.39 is 0 Å². The van der Waals surface area contributed by atoms with Crippen LogP contribution in [0.1, 0.15) is 19.0 Å². The Labute approximate surface area is 119 Å². The molecule has 0 saturated carbocycles. The van der Waals surface area contributed by atoms with Gasteiger partial charge in [0.2, 0.25) is 5.88 Å². The van der Waals surface area contributed by atoms with Crippen molar-refractivity contribution in [2.45, 2.75) is 31.6 Å². The zero-order chi connectivity index (χ0) is 14.0. The van der Waals surface area contributed by atoms with Crippen molar-refractivity contribution in [2.75, 3.05) is 33.4 Å². The Balaban J connectivity index is 1.69. The average Bonchev–Trinajstić information content (AvgIpc) is 2.85. The van der Waals surface area contributed by atoms with Crippen LogP contribution < -0.4 is 4.74 Å². The van der Waals surface area contributed by atoms with Gasteiger partial charge in [0, 0.05) is 38.7 Å². The van der Waals surface area contributed by atoms with Gasteiger partial charge in [-0.15, -0.1) is 0 Å². The zero-order valence-electron chi connectivity index (χ0n) is 12.2. The van der Waals surface area contributed by atoms with Crippen LogP contribution in [0.4, 0.5) is 0 Å². The largest absolute Gasteiger partial charge is 0.481 e. The Morgan fingerprint density at radius 3 is 3.15 bits per heavy atom. The Morgan fingerprint density at radius 1 is 1.50 bits per heavy atom. The van der Waals surface area contributed by atoms with Crippen LogP contribution in [0.5, 0.6) is 5.88 Å². The molecular weight excluding hydrogens is 256 g/mol. The van der Waals surface area contributed by atoms with Gasteiger partial charge in [0.15, 0.2) is 0 Å². The van der Waals surface area contributed by atoms with Gasteiger partial charge in [-0.25, -0.2) is 4.98 Å². The molecule has 3 rings (SSSR count). The molecule has 1 aromatic heterocycles. The highest BCUT2D eigenvalue weighted by molar-refractivity contribution is 5.15. The Hall–Kier alpha value is -1.17. The molecular formula is C15H22N2O3. The van der Waals surface area contributed by atoms with E-state index in [-0.39, 0.29) is 11.7 Å². The number of pyridine rings is 1. The molecule has 0 N–H and O–H groups in total. The van der Waals surface area contributed by atoms with Crippen molar-refractivity contribution >= 4 is 0 Å². The van der Waals surface area contributed by atoms with Crippen LogP contribution >= 0.6 is 0 Å². The van der Waals surface area contributed by atoms with Crippen LogP contribution in [0.3, 0.4) is 0 Å². The van der Waals surface area contributed by atoms with Crippen molar-refractivity contribution in [3.8, 4) is 5.88 Å². The number of morpholine rings is 1. The summed E-state index contributed by atoms with van der Waals surface area (Å²) >= 11 is 0. The molecule has 20 heavy (non-hydrogen) atoms. The van der Waals surface area contributed by atoms with E-state index in [2.05, 4.69) is 16.8 Å². The van der Waals surface area contributed by atoms with E-state index in [1.54, 1.807) is 7.11 Å². The smallest absolute Gasteiger partial charge is 0.213 e. The lowest BCUT2D eigenvalue weighted by molar-refractivity contribution is -0.149. The molecule has 110 valence electrons. The summed E-state index contributed by atoms with van der Waals surface area (Å²) in [5.74, 6) is 0.669. The monoisotopic (exact) mass is 278 g/mol. The third-order valence-electron chi connectivity index (χ3n) is 3.92. The molecule has 1 aromatic rings. The van der Waals surface area contributed by atoms with Crippen LogP contribution in [0.2, 0.25) is 0 Å². The van der Waals surface area contributed by atoms with Crippen molar-refractivity contribution in [1.29, 1.82) is 0 Å². The summed E-state index contributed by atoms with van der Waals surface area (Å²) in [5.41, 5.74) is 0.920. The SMILES string of the molecule is COc1cccc(CN2C[C@@H](C)O[C@@]3(CCOC3)C2)n1. The number of hydrogen-bond donors (Lipinski definition) is 0. The fraction of sp³-hybridized carbons (Fsp3) is 0.667. The summed E-state index contributed by atoms with van der Waals surface area (Å²) in [6.07, 6.45) is 1.22. The van der Waals surface area contributed by atoms with E-state index in [4.69, 9.17) is 14.2 Å². The minimum Gasteiger partial charge on any atom is -0.481 e. The van der Waals surface area contributed by atoms with Crippen LogP contribution in [-0.4, -0.2) is 55.0 Å². The van der Waals surface area contributed by atoms with Gasteiger partial charge in [0.25, 0.3) is 0 Å². The summed E-state index contributed by atoms with van der Waals surface area (Å²) in [4.78, 5) is 6.90. The highest BCUT2D eigenvalue weighted by Gasteiger charge is 2.42. The van der Waals surface area contributed by atoms with Gasteiger partial charge in [-0.1, -0.05) is 6.07 Å². The van der Waals surface area contributed by atoms with Crippen LogP contribution in [-0.2, 0) is 16.0 Å². The minimum atomic E-state index is -0.115. The van der Waals surface area contributed by atoms with Crippen molar-refractivity contribution in [3.05, 3.63) is 23.9 Å². The van der Waals surface area contributed by atoms with E-state index in [1.807, 2.05) is 18.2 Å². The third kappa shape index (κ3) is 2.95. The molecule has 2 saturated heterocycles. The number of nitrogens with zero attached hydrogens (tertiary/aromatic N) is 2. The van der Waals surface area contributed by atoms with Crippen LogP contribution in [0, 0.1) is 0 Å². The first kappa shape index (κ1) is 13.8. The number of ether oxygens (including phenoxy) is 3. The normalized spacial score (nSPS) is 30.8. The average molecular weight is 278 g/mol. The Bertz CT molecular complexity index is 460. The molecule has 0 aliphatic carbocycles. The molecule has 0 bridgehead atoms. The van der Waals surface area contributed by atoms with E-state index in [0.717, 1.165) is 38.4 Å². The molecule has 0 aromatic carbocycles. The first-order chi connectivity index (χ1) is 9.69. The fourth-order valence-corrected chi connectivity index (χ4v) is 3.15. The van der Waals surface area contributed by atoms with Gasteiger partial charge in [-0.2, -0.15) is 0 Å². The fourth-order valence-electron chi connectivity index (χ4n) is 3.15. The molecule has 0 unspecified atom stereocenters. The van der Waals surface area contributed by atoms with Gasteiger partial charge in [0.05, 0.1) is 25.5 Å². The van der Waals surface area contributed by atoms with Crippen LogP contribution in [0.15, 0.2) is 18.2 Å². The van der Waals surface area contributed by atoms with E-state index in [9.17, 15) is 0 Å². The lowest BCUT2D eigenvalue weighted by atomic mass is 9.99. The number of methoxy groups -OCH3 is 1. The van der Waals surface area contributed by atoms with Crippen molar-refractivity contribution in [3.63, 3.8) is 0 Å². The molecule has 2 fully saturated rings. The molecule has 5 nitrogen and oxygen atoms in total. The number of rotatable bonds is 3. The standard InChI is InChI=1S/C15H22N2O3/c1-12-8-17(10-15(20-12)6-7-19-11-15)9-13-4-3-5-14(16-13)18-2/h3-5,12H,6-11H2,1-2H3/t12-,15+/m1/s1. The Morgan fingerprint density at radius 2 is 2.40 bits per heavy atom. The molecule has 3 heterocycles. The maximum atomic E-state index is 6.14. The van der Waals surface area contributed by atoms with Gasteiger partial charge in [0.1, 0.15) is 5.60 Å². The Kier molecular flexibility index (Phi) is 3.92. The van der Waals surface area contributed by atoms with Crippen LogP contribution in [0.25, 0.3) is 0 Å². The second-order valence-electron chi connectivity index (χ2n) is 5.75. The van der Waals surface area contributed by atoms with Crippen molar-refractivity contribution < 1.29 is 14.2 Å². The summed E-state index contributed by atoms with van der Waals surface area (Å²) in [6.45, 7) is 6.31. The van der Waals surface area contributed by atoms with E-state index in [0.29, 0.717) is 12.5 Å². The van der Waals surface area contributed by atoms with Crippen molar-refractivity contribution in [1.82, 2.24) is 9.88 Å². The van der Waals surface area contributed by atoms with Gasteiger partial charge in [-0.05, 0) is 13.0 Å². The predicted molar refractivity (Wildman–Crippen MR) is 74.8 cm³/mol. The molecule has 2 aliphatic heterocycles. The quantitative estimate of drug-likeness (QED) is 0.837. The highest BCUT2D eigenvalue weighted by atomic mass is 16.6. The zero-order valence-corrected chi connectivity index (χ0v) is 12.2.